The van der Waals surface area contributed by atoms with Crippen LogP contribution in [-0.4, -0.2) is 22.1 Å². The molecule has 4 N–H and O–H groups in total. The average molecular weight is 258 g/mol. The normalized spacial score (nSPS) is 13.8. The van der Waals surface area contributed by atoms with Crippen molar-refractivity contribution < 1.29 is 4.79 Å². The van der Waals surface area contributed by atoms with E-state index in [0.29, 0.717) is 6.42 Å². The number of aromatic nitrogens is 2. The number of amides is 1. The molecular formula is C14H18N4O. The Hall–Kier alpha value is -2.14. The number of carbonyl (C=O) groups is 1. The quantitative estimate of drug-likeness (QED) is 0.752. The van der Waals surface area contributed by atoms with Crippen LogP contribution in [0.4, 0.5) is 0 Å². The van der Waals surface area contributed by atoms with Crippen LogP contribution in [0.2, 0.25) is 0 Å². The molecule has 0 spiro atoms. The first-order chi connectivity index (χ1) is 9.16. The Morgan fingerprint density at radius 2 is 2.16 bits per heavy atom. The lowest BCUT2D eigenvalue weighted by Gasteiger charge is -2.16. The summed E-state index contributed by atoms with van der Waals surface area (Å²) in [7, 11) is 0. The fourth-order valence-electron chi connectivity index (χ4n) is 1.86. The van der Waals surface area contributed by atoms with E-state index in [1.165, 1.54) is 0 Å². The molecule has 2 atom stereocenters. The highest BCUT2D eigenvalue weighted by Crippen LogP contribution is 2.09. The molecule has 0 aliphatic rings. The molecule has 5 heteroatoms. The van der Waals surface area contributed by atoms with Crippen molar-refractivity contribution in [2.75, 3.05) is 0 Å². The van der Waals surface area contributed by atoms with E-state index in [1.54, 1.807) is 12.4 Å². The topological polar surface area (TPSA) is 83.8 Å². The van der Waals surface area contributed by atoms with Crippen LogP contribution in [0, 0.1) is 0 Å². The van der Waals surface area contributed by atoms with Gasteiger partial charge in [0.1, 0.15) is 0 Å². The number of rotatable bonds is 5. The summed E-state index contributed by atoms with van der Waals surface area (Å²) in [6.07, 6.45) is 3.98. The van der Waals surface area contributed by atoms with Crippen LogP contribution in [0.15, 0.2) is 42.7 Å². The van der Waals surface area contributed by atoms with E-state index in [9.17, 15) is 4.79 Å². The molecule has 1 aromatic heterocycles. The number of benzene rings is 1. The van der Waals surface area contributed by atoms with Gasteiger partial charge in [-0.15, -0.1) is 0 Å². The maximum atomic E-state index is 12.0. The Labute approximate surface area is 112 Å². The van der Waals surface area contributed by atoms with E-state index in [2.05, 4.69) is 15.5 Å². The van der Waals surface area contributed by atoms with Gasteiger partial charge < -0.3 is 11.1 Å². The third kappa shape index (κ3) is 3.66. The van der Waals surface area contributed by atoms with E-state index >= 15 is 0 Å². The Balaban J connectivity index is 1.89. The SMILES string of the molecule is CC(NC(=O)[C@@H](N)Cc1ccccc1)c1cn[nH]c1. The monoisotopic (exact) mass is 258 g/mol. The molecule has 1 heterocycles. The third-order valence-corrected chi connectivity index (χ3v) is 3.01. The van der Waals surface area contributed by atoms with E-state index in [0.717, 1.165) is 11.1 Å². The molecule has 0 aliphatic heterocycles. The molecule has 100 valence electrons. The predicted octanol–water partition coefficient (Wildman–Crippen LogP) is 1.16. The highest BCUT2D eigenvalue weighted by atomic mass is 16.2. The van der Waals surface area contributed by atoms with Crippen molar-refractivity contribution in [2.24, 2.45) is 5.73 Å². The molecule has 0 bridgehead atoms. The summed E-state index contributed by atoms with van der Waals surface area (Å²) in [6.45, 7) is 1.90. The van der Waals surface area contributed by atoms with Crippen LogP contribution in [0.5, 0.6) is 0 Å². The first kappa shape index (κ1) is 13.3. The third-order valence-electron chi connectivity index (χ3n) is 3.01. The van der Waals surface area contributed by atoms with Gasteiger partial charge in [0.05, 0.1) is 18.3 Å². The first-order valence-corrected chi connectivity index (χ1v) is 6.25. The molecule has 2 aromatic rings. The second-order valence-electron chi connectivity index (χ2n) is 4.56. The summed E-state index contributed by atoms with van der Waals surface area (Å²) in [5.74, 6) is -0.155. The summed E-state index contributed by atoms with van der Waals surface area (Å²) in [6, 6.07) is 9.10. The minimum Gasteiger partial charge on any atom is -0.348 e. The lowest BCUT2D eigenvalue weighted by atomic mass is 10.1. The summed E-state index contributed by atoms with van der Waals surface area (Å²) >= 11 is 0. The number of hydrogen-bond acceptors (Lipinski definition) is 3. The largest absolute Gasteiger partial charge is 0.348 e. The van der Waals surface area contributed by atoms with Gasteiger partial charge in [0.15, 0.2) is 0 Å². The van der Waals surface area contributed by atoms with Gasteiger partial charge in [-0.3, -0.25) is 9.89 Å². The lowest BCUT2D eigenvalue weighted by molar-refractivity contribution is -0.123. The van der Waals surface area contributed by atoms with Crippen molar-refractivity contribution in [2.45, 2.75) is 25.4 Å². The fraction of sp³-hybridized carbons (Fsp3) is 0.286. The molecule has 0 saturated carbocycles. The maximum absolute atomic E-state index is 12.0. The van der Waals surface area contributed by atoms with Gasteiger partial charge in [-0.1, -0.05) is 30.3 Å². The number of hydrogen-bond donors (Lipinski definition) is 3. The van der Waals surface area contributed by atoms with Crippen molar-refractivity contribution in [1.82, 2.24) is 15.5 Å². The van der Waals surface area contributed by atoms with Gasteiger partial charge >= 0.3 is 0 Å². The second kappa shape index (κ2) is 6.15. The van der Waals surface area contributed by atoms with E-state index in [-0.39, 0.29) is 11.9 Å². The number of nitrogens with two attached hydrogens (primary N) is 1. The molecule has 19 heavy (non-hydrogen) atoms. The number of carbonyl (C=O) groups excluding carboxylic acids is 1. The number of aromatic amines is 1. The van der Waals surface area contributed by atoms with Gasteiger partial charge in [0, 0.05) is 11.8 Å². The Bertz CT molecular complexity index is 510. The van der Waals surface area contributed by atoms with Crippen LogP contribution in [0.25, 0.3) is 0 Å². The van der Waals surface area contributed by atoms with Crippen molar-refractivity contribution in [3.8, 4) is 0 Å². The van der Waals surface area contributed by atoms with E-state index < -0.39 is 6.04 Å². The Kier molecular flexibility index (Phi) is 4.30. The van der Waals surface area contributed by atoms with Crippen LogP contribution < -0.4 is 11.1 Å². The highest BCUT2D eigenvalue weighted by Gasteiger charge is 2.17. The van der Waals surface area contributed by atoms with Gasteiger partial charge in [-0.25, -0.2) is 0 Å². The van der Waals surface area contributed by atoms with E-state index in [4.69, 9.17) is 5.73 Å². The van der Waals surface area contributed by atoms with Gasteiger partial charge in [0.25, 0.3) is 0 Å². The highest BCUT2D eigenvalue weighted by molar-refractivity contribution is 5.82. The Morgan fingerprint density at radius 1 is 1.42 bits per heavy atom. The molecule has 0 radical (unpaired) electrons. The van der Waals surface area contributed by atoms with Gasteiger partial charge in [0.2, 0.25) is 5.91 Å². The molecule has 0 aliphatic carbocycles. The number of nitrogens with one attached hydrogen (secondary N) is 2. The second-order valence-corrected chi connectivity index (χ2v) is 4.56. The van der Waals surface area contributed by atoms with Crippen LogP contribution in [0.1, 0.15) is 24.1 Å². The molecule has 0 fully saturated rings. The number of H-pyrrole nitrogens is 1. The summed E-state index contributed by atoms with van der Waals surface area (Å²) in [4.78, 5) is 12.0. The minimum absolute atomic E-state index is 0.104. The molecule has 1 unspecified atom stereocenters. The van der Waals surface area contributed by atoms with Gasteiger partial charge in [-0.2, -0.15) is 5.10 Å². The molecular weight excluding hydrogens is 240 g/mol. The smallest absolute Gasteiger partial charge is 0.237 e. The molecule has 1 amide bonds. The van der Waals surface area contributed by atoms with Crippen molar-refractivity contribution in [3.63, 3.8) is 0 Å². The standard InChI is InChI=1S/C14H18N4O/c1-10(12-8-16-17-9-12)18-14(19)13(15)7-11-5-3-2-4-6-11/h2-6,8-10,13H,7,15H2,1H3,(H,16,17)(H,18,19)/t10?,13-/m0/s1. The lowest BCUT2D eigenvalue weighted by Crippen LogP contribution is -2.42. The first-order valence-electron chi connectivity index (χ1n) is 6.25. The van der Waals surface area contributed by atoms with Crippen LogP contribution in [0.3, 0.4) is 0 Å². The van der Waals surface area contributed by atoms with Gasteiger partial charge in [-0.05, 0) is 18.9 Å². The van der Waals surface area contributed by atoms with Crippen molar-refractivity contribution >= 4 is 5.91 Å². The minimum atomic E-state index is -0.545. The summed E-state index contributed by atoms with van der Waals surface area (Å²) in [5, 5.41) is 9.45. The molecule has 1 aromatic carbocycles. The summed E-state index contributed by atoms with van der Waals surface area (Å²) < 4.78 is 0. The molecule has 5 nitrogen and oxygen atoms in total. The summed E-state index contributed by atoms with van der Waals surface area (Å²) in [5.41, 5.74) is 7.90. The van der Waals surface area contributed by atoms with Crippen LogP contribution >= 0.6 is 0 Å². The zero-order chi connectivity index (χ0) is 13.7. The maximum Gasteiger partial charge on any atom is 0.237 e. The fourth-order valence-corrected chi connectivity index (χ4v) is 1.86. The average Bonchev–Trinajstić information content (AvgIpc) is 2.93. The van der Waals surface area contributed by atoms with Crippen LogP contribution in [-0.2, 0) is 11.2 Å². The molecule has 2 rings (SSSR count). The van der Waals surface area contributed by atoms with Crippen molar-refractivity contribution in [1.29, 1.82) is 0 Å². The zero-order valence-corrected chi connectivity index (χ0v) is 10.8. The predicted molar refractivity (Wildman–Crippen MR) is 73.3 cm³/mol. The van der Waals surface area contributed by atoms with Crippen molar-refractivity contribution in [3.05, 3.63) is 53.9 Å². The molecule has 0 saturated heterocycles. The number of nitrogens with zero attached hydrogens (tertiary/aromatic N) is 1. The zero-order valence-electron chi connectivity index (χ0n) is 10.8. The Morgan fingerprint density at radius 3 is 2.79 bits per heavy atom. The van der Waals surface area contributed by atoms with E-state index in [1.807, 2.05) is 37.3 Å².